The molecule has 2 aliphatic rings. The molecular formula is C23H23F3N4O5. The molecule has 12 heteroatoms. The summed E-state index contributed by atoms with van der Waals surface area (Å²) in [4.78, 5) is 28.5. The topological polar surface area (TPSA) is 125 Å². The van der Waals surface area contributed by atoms with Crippen LogP contribution in [0, 0.1) is 11.3 Å². The van der Waals surface area contributed by atoms with Gasteiger partial charge in [0.15, 0.2) is 0 Å². The third-order valence-electron chi connectivity index (χ3n) is 5.64. The van der Waals surface area contributed by atoms with Crippen molar-refractivity contribution in [2.24, 2.45) is 0 Å². The fourth-order valence-electron chi connectivity index (χ4n) is 3.98. The number of alkyl halides is 3. The van der Waals surface area contributed by atoms with E-state index in [4.69, 9.17) is 19.4 Å². The van der Waals surface area contributed by atoms with Gasteiger partial charge < -0.3 is 24.8 Å². The molecule has 2 atom stereocenters. The SMILES string of the molecule is COC[C@@H]1C[C@@H](N2Cc3ccc(-c4cc(C#N)ccc4OC)nc3C2=O)CN1.O=C(O)C(F)(F)F. The minimum atomic E-state index is -5.08. The lowest BCUT2D eigenvalue weighted by Gasteiger charge is -2.22. The molecule has 0 saturated carbocycles. The number of carbonyl (C=O) groups excluding carboxylic acids is 1. The van der Waals surface area contributed by atoms with Crippen molar-refractivity contribution in [1.82, 2.24) is 15.2 Å². The van der Waals surface area contributed by atoms with E-state index in [0.717, 1.165) is 18.5 Å². The molecule has 2 N–H and O–H groups in total. The van der Waals surface area contributed by atoms with Crippen LogP contribution in [0.2, 0.25) is 0 Å². The number of benzene rings is 1. The molecule has 2 aromatic rings. The Labute approximate surface area is 199 Å². The summed E-state index contributed by atoms with van der Waals surface area (Å²) >= 11 is 0. The van der Waals surface area contributed by atoms with Gasteiger partial charge in [0.2, 0.25) is 0 Å². The van der Waals surface area contributed by atoms with Gasteiger partial charge in [-0.15, -0.1) is 0 Å². The zero-order valence-electron chi connectivity index (χ0n) is 18.9. The van der Waals surface area contributed by atoms with Crippen molar-refractivity contribution in [3.8, 4) is 23.1 Å². The number of hydrogen-bond donors (Lipinski definition) is 2. The third-order valence-corrected chi connectivity index (χ3v) is 5.64. The van der Waals surface area contributed by atoms with Crippen molar-refractivity contribution in [3.63, 3.8) is 0 Å². The first kappa shape index (κ1) is 25.9. The second-order valence-electron chi connectivity index (χ2n) is 7.92. The Kier molecular flexibility index (Phi) is 7.93. The second-order valence-corrected chi connectivity index (χ2v) is 7.92. The predicted molar refractivity (Wildman–Crippen MR) is 117 cm³/mol. The molecular weight excluding hydrogens is 469 g/mol. The number of carboxylic acids is 1. The van der Waals surface area contributed by atoms with Gasteiger partial charge in [-0.2, -0.15) is 18.4 Å². The summed E-state index contributed by atoms with van der Waals surface area (Å²) in [6.45, 7) is 1.98. The number of halogens is 3. The summed E-state index contributed by atoms with van der Waals surface area (Å²) in [7, 11) is 3.27. The minimum Gasteiger partial charge on any atom is -0.496 e. The van der Waals surface area contributed by atoms with Crippen LogP contribution in [0.1, 0.15) is 28.0 Å². The summed E-state index contributed by atoms with van der Waals surface area (Å²) < 4.78 is 42.4. The highest BCUT2D eigenvalue weighted by Crippen LogP contribution is 2.33. The number of rotatable bonds is 5. The van der Waals surface area contributed by atoms with Crippen LogP contribution in [-0.2, 0) is 16.1 Å². The Balaban J connectivity index is 0.000000429. The number of methoxy groups -OCH3 is 2. The number of aromatic nitrogens is 1. The first-order chi connectivity index (χ1) is 16.6. The Bertz CT molecular complexity index is 1150. The van der Waals surface area contributed by atoms with E-state index in [9.17, 15) is 23.2 Å². The van der Waals surface area contributed by atoms with Gasteiger partial charge in [0.05, 0.1) is 31.0 Å². The standard InChI is InChI=1S/C21H22N4O3.C2HF3O2/c1-27-12-15-8-16(10-23-15)25-11-14-4-5-18(24-20(14)21(25)26)17-7-13(9-22)3-6-19(17)28-2;3-2(4,5)1(6)7/h3-7,15-16,23H,8,10-12H2,1-2H3;(H,6,7)/t15-,16+;/m0./s1. The largest absolute Gasteiger partial charge is 0.496 e. The molecule has 1 aromatic heterocycles. The number of nitrogens with zero attached hydrogens (tertiary/aromatic N) is 3. The van der Waals surface area contributed by atoms with E-state index >= 15 is 0 Å². The molecule has 3 heterocycles. The van der Waals surface area contributed by atoms with Crippen LogP contribution in [0.5, 0.6) is 5.75 Å². The molecule has 0 aliphatic carbocycles. The second kappa shape index (κ2) is 10.7. The molecule has 35 heavy (non-hydrogen) atoms. The number of amides is 1. The van der Waals surface area contributed by atoms with E-state index in [1.54, 1.807) is 32.4 Å². The number of carbonyl (C=O) groups is 2. The van der Waals surface area contributed by atoms with Crippen molar-refractivity contribution in [1.29, 1.82) is 5.26 Å². The van der Waals surface area contributed by atoms with Crippen LogP contribution in [0.3, 0.4) is 0 Å². The van der Waals surface area contributed by atoms with E-state index < -0.39 is 12.1 Å². The zero-order valence-corrected chi connectivity index (χ0v) is 18.9. The van der Waals surface area contributed by atoms with Crippen LogP contribution in [0.25, 0.3) is 11.3 Å². The average Bonchev–Trinajstić information content (AvgIpc) is 3.42. The monoisotopic (exact) mass is 492 g/mol. The van der Waals surface area contributed by atoms with E-state index in [-0.39, 0.29) is 18.0 Å². The molecule has 1 saturated heterocycles. The predicted octanol–water partition coefficient (Wildman–Crippen LogP) is 2.59. The molecule has 0 spiro atoms. The van der Waals surface area contributed by atoms with Crippen LogP contribution in [-0.4, -0.2) is 72.5 Å². The number of fused-ring (bicyclic) bond motifs is 1. The number of aliphatic carboxylic acids is 1. The quantitative estimate of drug-likeness (QED) is 0.653. The van der Waals surface area contributed by atoms with Crippen LogP contribution < -0.4 is 10.1 Å². The number of nitrogens with one attached hydrogen (secondary N) is 1. The molecule has 0 bridgehead atoms. The fraction of sp³-hybridized carbons (Fsp3) is 0.391. The Morgan fingerprint density at radius 2 is 2.03 bits per heavy atom. The van der Waals surface area contributed by atoms with Crippen molar-refractivity contribution in [2.45, 2.75) is 31.2 Å². The smallest absolute Gasteiger partial charge is 0.490 e. The van der Waals surface area contributed by atoms with E-state index in [1.807, 2.05) is 17.0 Å². The highest BCUT2D eigenvalue weighted by Gasteiger charge is 2.39. The summed E-state index contributed by atoms with van der Waals surface area (Å²) in [5, 5.41) is 19.7. The van der Waals surface area contributed by atoms with Crippen molar-refractivity contribution >= 4 is 11.9 Å². The minimum absolute atomic E-state index is 0.0443. The Morgan fingerprint density at radius 3 is 2.63 bits per heavy atom. The molecule has 186 valence electrons. The number of carboxylic acid groups (broad SMARTS) is 1. The van der Waals surface area contributed by atoms with Crippen LogP contribution in [0.4, 0.5) is 13.2 Å². The first-order valence-electron chi connectivity index (χ1n) is 10.5. The zero-order chi connectivity index (χ0) is 25.8. The first-order valence-corrected chi connectivity index (χ1v) is 10.5. The average molecular weight is 492 g/mol. The van der Waals surface area contributed by atoms with Gasteiger partial charge in [-0.25, -0.2) is 9.78 Å². The number of pyridine rings is 1. The van der Waals surface area contributed by atoms with Gasteiger partial charge in [-0.1, -0.05) is 6.07 Å². The summed E-state index contributed by atoms with van der Waals surface area (Å²) in [5.41, 5.74) is 3.27. The van der Waals surface area contributed by atoms with Crippen LogP contribution in [0.15, 0.2) is 30.3 Å². The Morgan fingerprint density at radius 1 is 1.31 bits per heavy atom. The summed E-state index contributed by atoms with van der Waals surface area (Å²) in [6, 6.07) is 11.6. The maximum atomic E-state index is 13.0. The molecule has 4 rings (SSSR count). The third kappa shape index (κ3) is 5.87. The van der Waals surface area contributed by atoms with E-state index in [1.165, 1.54) is 0 Å². The van der Waals surface area contributed by atoms with Gasteiger partial charge in [0.1, 0.15) is 11.4 Å². The lowest BCUT2D eigenvalue weighted by molar-refractivity contribution is -0.192. The van der Waals surface area contributed by atoms with Gasteiger partial charge in [-0.3, -0.25) is 4.79 Å². The maximum Gasteiger partial charge on any atom is 0.490 e. The lowest BCUT2D eigenvalue weighted by Crippen LogP contribution is -2.37. The van der Waals surface area contributed by atoms with Gasteiger partial charge in [-0.05, 0) is 30.7 Å². The molecule has 9 nitrogen and oxygen atoms in total. The molecule has 0 radical (unpaired) electrons. The van der Waals surface area contributed by atoms with Gasteiger partial charge in [0, 0.05) is 43.4 Å². The number of hydrogen-bond acceptors (Lipinski definition) is 7. The fourth-order valence-corrected chi connectivity index (χ4v) is 3.98. The summed E-state index contributed by atoms with van der Waals surface area (Å²) in [6.07, 6.45) is -4.21. The highest BCUT2D eigenvalue weighted by atomic mass is 19.4. The van der Waals surface area contributed by atoms with Gasteiger partial charge in [0.25, 0.3) is 5.91 Å². The number of ether oxygens (including phenoxy) is 2. The van der Waals surface area contributed by atoms with E-state index in [0.29, 0.717) is 41.4 Å². The molecule has 2 aliphatic heterocycles. The molecule has 1 amide bonds. The molecule has 0 unspecified atom stereocenters. The van der Waals surface area contributed by atoms with E-state index in [2.05, 4.69) is 16.4 Å². The summed E-state index contributed by atoms with van der Waals surface area (Å²) in [5.74, 6) is -2.18. The van der Waals surface area contributed by atoms with Gasteiger partial charge >= 0.3 is 12.1 Å². The van der Waals surface area contributed by atoms with Crippen LogP contribution >= 0.6 is 0 Å². The van der Waals surface area contributed by atoms with Crippen molar-refractivity contribution in [3.05, 3.63) is 47.2 Å². The Hall–Kier alpha value is -3.69. The lowest BCUT2D eigenvalue weighted by atomic mass is 10.1. The molecule has 1 fully saturated rings. The maximum absolute atomic E-state index is 13.0. The highest BCUT2D eigenvalue weighted by molar-refractivity contribution is 5.97. The molecule has 1 aromatic carbocycles. The normalized spacial score (nSPS) is 19.0. The number of nitriles is 1. The van der Waals surface area contributed by atoms with Crippen molar-refractivity contribution < 1.29 is 37.3 Å². The van der Waals surface area contributed by atoms with Crippen molar-refractivity contribution in [2.75, 3.05) is 27.4 Å².